The Morgan fingerprint density at radius 1 is 1.17 bits per heavy atom. The van der Waals surface area contributed by atoms with Crippen LogP contribution in [0.5, 0.6) is 0 Å². The van der Waals surface area contributed by atoms with Crippen LogP contribution in [0.1, 0.15) is 50.9 Å². The van der Waals surface area contributed by atoms with Crippen LogP contribution in [0.3, 0.4) is 0 Å². The van der Waals surface area contributed by atoms with E-state index in [4.69, 9.17) is 9.47 Å². The van der Waals surface area contributed by atoms with E-state index in [1.807, 2.05) is 56.5 Å². The number of anilines is 1. The van der Waals surface area contributed by atoms with Crippen molar-refractivity contribution in [1.82, 2.24) is 0 Å². The lowest BCUT2D eigenvalue weighted by molar-refractivity contribution is -0.165. The molecule has 6 nitrogen and oxygen atoms in total. The number of amides is 1. The smallest absolute Gasteiger partial charge is 0.341 e. The van der Waals surface area contributed by atoms with E-state index in [0.717, 1.165) is 5.56 Å². The van der Waals surface area contributed by atoms with Crippen LogP contribution in [0.4, 0.5) is 5.00 Å². The first kappa shape index (κ1) is 20.6. The van der Waals surface area contributed by atoms with Gasteiger partial charge in [-0.25, -0.2) is 4.79 Å². The number of hydrogen-bond donors (Lipinski definition) is 1. The molecule has 158 valence electrons. The van der Waals surface area contributed by atoms with E-state index in [-0.39, 0.29) is 12.6 Å². The van der Waals surface area contributed by atoms with Crippen molar-refractivity contribution in [3.05, 3.63) is 41.3 Å². The van der Waals surface area contributed by atoms with Crippen molar-refractivity contribution in [3.63, 3.8) is 0 Å². The molecule has 1 aromatic carbocycles. The second kappa shape index (κ2) is 6.94. The lowest BCUT2D eigenvalue weighted by Crippen LogP contribution is -2.50. The van der Waals surface area contributed by atoms with Crippen LogP contribution in [-0.4, -0.2) is 30.1 Å². The average molecular weight is 428 g/mol. The van der Waals surface area contributed by atoms with Crippen molar-refractivity contribution in [2.75, 3.05) is 11.9 Å². The monoisotopic (exact) mass is 427 g/mol. The van der Waals surface area contributed by atoms with Gasteiger partial charge in [-0.05, 0) is 32.3 Å². The zero-order valence-electron chi connectivity index (χ0n) is 17.5. The molecule has 2 bridgehead atoms. The largest absolute Gasteiger partial charge is 0.462 e. The number of carbonyl (C=O) groups is 3. The first-order chi connectivity index (χ1) is 14.2. The van der Waals surface area contributed by atoms with Gasteiger partial charge in [-0.15, -0.1) is 11.3 Å². The summed E-state index contributed by atoms with van der Waals surface area (Å²) in [6, 6.07) is 9.48. The lowest BCUT2D eigenvalue weighted by Gasteiger charge is -2.35. The van der Waals surface area contributed by atoms with Crippen molar-refractivity contribution >= 4 is 34.2 Å². The fourth-order valence-electron chi connectivity index (χ4n) is 4.64. The summed E-state index contributed by atoms with van der Waals surface area (Å²) in [6.45, 7) is 7.63. The predicted molar refractivity (Wildman–Crippen MR) is 114 cm³/mol. The number of thiophene rings is 1. The SMILES string of the molecule is CCOC(=O)c1c(-c2ccccc2)csc1NC(=O)[C@]12CC[C@@](C)(C(=O)O1)C2(C)C. The maximum Gasteiger partial charge on any atom is 0.341 e. The van der Waals surface area contributed by atoms with E-state index >= 15 is 0 Å². The first-order valence-corrected chi connectivity index (χ1v) is 10.9. The molecule has 0 unspecified atom stereocenters. The van der Waals surface area contributed by atoms with Gasteiger partial charge in [0.1, 0.15) is 10.6 Å². The third kappa shape index (κ3) is 2.64. The van der Waals surface area contributed by atoms with Gasteiger partial charge >= 0.3 is 11.9 Å². The van der Waals surface area contributed by atoms with Crippen molar-refractivity contribution in [2.24, 2.45) is 10.8 Å². The highest BCUT2D eigenvalue weighted by Crippen LogP contribution is 2.65. The highest BCUT2D eigenvalue weighted by atomic mass is 32.1. The molecule has 2 heterocycles. The number of nitrogens with one attached hydrogen (secondary N) is 1. The summed E-state index contributed by atoms with van der Waals surface area (Å²) in [5.74, 6) is -1.23. The maximum absolute atomic E-state index is 13.4. The van der Waals surface area contributed by atoms with E-state index in [1.54, 1.807) is 6.92 Å². The van der Waals surface area contributed by atoms with Gasteiger partial charge in [0.25, 0.3) is 5.91 Å². The molecule has 0 spiro atoms. The van der Waals surface area contributed by atoms with Crippen LogP contribution >= 0.6 is 11.3 Å². The Bertz CT molecular complexity index is 1030. The van der Waals surface area contributed by atoms with Crippen LogP contribution in [0, 0.1) is 10.8 Å². The summed E-state index contributed by atoms with van der Waals surface area (Å²) >= 11 is 1.26. The molecule has 30 heavy (non-hydrogen) atoms. The van der Waals surface area contributed by atoms with Gasteiger partial charge in [0.2, 0.25) is 0 Å². The Morgan fingerprint density at radius 3 is 2.43 bits per heavy atom. The Hall–Kier alpha value is -2.67. The predicted octanol–water partition coefficient (Wildman–Crippen LogP) is 4.65. The topological polar surface area (TPSA) is 81.7 Å². The molecule has 2 aliphatic rings. The quantitative estimate of drug-likeness (QED) is 0.703. The molecule has 1 saturated heterocycles. The Kier molecular flexibility index (Phi) is 4.77. The van der Waals surface area contributed by atoms with Crippen LogP contribution in [0.25, 0.3) is 11.1 Å². The maximum atomic E-state index is 13.4. The van der Waals surface area contributed by atoms with Crippen molar-refractivity contribution < 1.29 is 23.9 Å². The third-order valence-electron chi connectivity index (χ3n) is 7.03. The van der Waals surface area contributed by atoms with Crippen molar-refractivity contribution in [3.8, 4) is 11.1 Å². The van der Waals surface area contributed by atoms with Crippen LogP contribution in [0.2, 0.25) is 0 Å². The zero-order valence-corrected chi connectivity index (χ0v) is 18.4. The van der Waals surface area contributed by atoms with Gasteiger partial charge in [0, 0.05) is 16.4 Å². The van der Waals surface area contributed by atoms with Gasteiger partial charge in [-0.3, -0.25) is 9.59 Å². The van der Waals surface area contributed by atoms with E-state index in [1.165, 1.54) is 11.3 Å². The summed E-state index contributed by atoms with van der Waals surface area (Å²) < 4.78 is 10.9. The molecular formula is C23H25NO5S. The van der Waals surface area contributed by atoms with Crippen molar-refractivity contribution in [2.45, 2.75) is 46.1 Å². The van der Waals surface area contributed by atoms with E-state index < -0.39 is 28.3 Å². The number of benzene rings is 1. The second-order valence-electron chi connectivity index (χ2n) is 8.57. The first-order valence-electron chi connectivity index (χ1n) is 10.1. The van der Waals surface area contributed by atoms with Gasteiger partial charge in [-0.2, -0.15) is 0 Å². The van der Waals surface area contributed by atoms with Crippen LogP contribution in [-0.2, 0) is 19.1 Å². The molecule has 1 aliphatic heterocycles. The molecule has 1 amide bonds. The molecule has 1 aliphatic carbocycles. The normalized spacial score (nSPS) is 26.3. The molecule has 0 radical (unpaired) electrons. The standard InChI is InChI=1S/C23H25NO5S/c1-5-28-18(25)16-15(14-9-7-6-8-10-14)13-30-17(16)24-19(26)23-12-11-22(4,20(27)29-23)21(23,2)3/h6-10,13H,5,11-12H2,1-4H3,(H,24,26)/t22-,23-/m0/s1. The number of carbonyl (C=O) groups excluding carboxylic acids is 3. The Morgan fingerprint density at radius 2 is 1.87 bits per heavy atom. The number of fused-ring (bicyclic) bond motifs is 2. The van der Waals surface area contributed by atoms with Crippen molar-refractivity contribution in [1.29, 1.82) is 0 Å². The highest BCUT2D eigenvalue weighted by Gasteiger charge is 2.75. The number of hydrogen-bond acceptors (Lipinski definition) is 6. The summed E-state index contributed by atoms with van der Waals surface area (Å²) in [4.78, 5) is 38.7. The second-order valence-corrected chi connectivity index (χ2v) is 9.45. The summed E-state index contributed by atoms with van der Waals surface area (Å²) in [5, 5.41) is 5.13. The molecule has 7 heteroatoms. The number of ether oxygens (including phenoxy) is 2. The molecular weight excluding hydrogens is 402 g/mol. The summed E-state index contributed by atoms with van der Waals surface area (Å²) in [6.07, 6.45) is 1.05. The minimum atomic E-state index is -1.25. The van der Waals surface area contributed by atoms with Gasteiger partial charge in [0.15, 0.2) is 5.60 Å². The van der Waals surface area contributed by atoms with Gasteiger partial charge in [0.05, 0.1) is 12.0 Å². The van der Waals surface area contributed by atoms with Crippen LogP contribution < -0.4 is 5.32 Å². The Labute approximate surface area is 179 Å². The minimum Gasteiger partial charge on any atom is -0.462 e. The fourth-order valence-corrected chi connectivity index (χ4v) is 5.59. The molecule has 4 rings (SSSR count). The van der Waals surface area contributed by atoms with Crippen LogP contribution in [0.15, 0.2) is 35.7 Å². The Balaban J connectivity index is 1.72. The third-order valence-corrected chi connectivity index (χ3v) is 7.93. The van der Waals surface area contributed by atoms with E-state index in [0.29, 0.717) is 29.0 Å². The number of esters is 2. The number of rotatable bonds is 5. The molecule has 1 aromatic heterocycles. The summed E-state index contributed by atoms with van der Waals surface area (Å²) in [7, 11) is 0. The van der Waals surface area contributed by atoms with Gasteiger partial charge in [-0.1, -0.05) is 44.2 Å². The molecule has 2 atom stereocenters. The van der Waals surface area contributed by atoms with E-state index in [2.05, 4.69) is 5.32 Å². The molecule has 1 N–H and O–H groups in total. The minimum absolute atomic E-state index is 0.225. The summed E-state index contributed by atoms with van der Waals surface area (Å²) in [5.41, 5.74) is -0.728. The fraction of sp³-hybridized carbons (Fsp3) is 0.435. The molecule has 2 fully saturated rings. The molecule has 1 saturated carbocycles. The highest BCUT2D eigenvalue weighted by molar-refractivity contribution is 7.15. The van der Waals surface area contributed by atoms with Gasteiger partial charge < -0.3 is 14.8 Å². The average Bonchev–Trinajstić information content (AvgIpc) is 3.26. The zero-order chi connectivity index (χ0) is 21.7. The molecule has 2 aromatic rings. The lowest BCUT2D eigenvalue weighted by atomic mass is 9.66. The van der Waals surface area contributed by atoms with E-state index in [9.17, 15) is 14.4 Å².